The minimum atomic E-state index is -0.820. The predicted molar refractivity (Wildman–Crippen MR) is 130 cm³/mol. The molecule has 2 N–H and O–H groups in total. The molecule has 0 spiro atoms. The highest BCUT2D eigenvalue weighted by molar-refractivity contribution is 6.00. The zero-order valence-electron chi connectivity index (χ0n) is 20.3. The molecule has 2 heterocycles. The van der Waals surface area contributed by atoms with Crippen molar-refractivity contribution in [1.82, 2.24) is 14.8 Å². The summed E-state index contributed by atoms with van der Waals surface area (Å²) in [4.78, 5) is 11.8. The van der Waals surface area contributed by atoms with Crippen LogP contribution in [-0.4, -0.2) is 39.6 Å². The number of fused-ring (bicyclic) bond motifs is 2. The van der Waals surface area contributed by atoms with Crippen LogP contribution < -0.4 is 0 Å². The molecule has 1 fully saturated rings. The fourth-order valence-corrected chi connectivity index (χ4v) is 5.83. The van der Waals surface area contributed by atoms with Crippen LogP contribution >= 0.6 is 0 Å². The smallest absolute Gasteiger partial charge is 0.306 e. The van der Waals surface area contributed by atoms with Gasteiger partial charge in [0, 0.05) is 34.7 Å². The van der Waals surface area contributed by atoms with Gasteiger partial charge < -0.3 is 14.4 Å². The quantitative estimate of drug-likeness (QED) is 0.355. The van der Waals surface area contributed by atoms with Crippen LogP contribution in [0.3, 0.4) is 0 Å². The summed E-state index contributed by atoms with van der Waals surface area (Å²) in [5.74, 6) is -2.15. The van der Waals surface area contributed by atoms with Gasteiger partial charge in [0.25, 0.3) is 0 Å². The van der Waals surface area contributed by atoms with Crippen molar-refractivity contribution in [2.75, 3.05) is 13.7 Å². The Labute approximate surface area is 201 Å². The third-order valence-electron chi connectivity index (χ3n) is 7.38. The number of ether oxygens (including phenoxy) is 1. The van der Waals surface area contributed by atoms with Crippen molar-refractivity contribution in [3.63, 3.8) is 0 Å². The molecule has 1 aliphatic carbocycles. The highest BCUT2D eigenvalue weighted by Gasteiger charge is 2.40. The second-order valence-electron chi connectivity index (χ2n) is 10.3. The second-order valence-corrected chi connectivity index (χ2v) is 10.3. The summed E-state index contributed by atoms with van der Waals surface area (Å²) in [5.41, 5.74) is 3.28. The standard InChI is InChI=1S/C27H29F2N3O3/c1-14-9-18(7-8-19(14)28)32-20-11-17-12-30-31-24(17)23(29)22(20)21(25(32)27(2,3)13-35-4)15-5-6-16(10-15)26(33)34/h7-9,11-12,15-16H,5-6,10,13H2,1-4H3,(H,30,31)(H,33,34)/t15-,16?/m1/s1. The number of nitrogens with one attached hydrogen (secondary N) is 1. The average molecular weight is 482 g/mol. The molecule has 35 heavy (non-hydrogen) atoms. The first-order valence-corrected chi connectivity index (χ1v) is 11.8. The number of H-pyrrole nitrogens is 1. The molecule has 4 aromatic rings. The van der Waals surface area contributed by atoms with Gasteiger partial charge in [0.2, 0.25) is 0 Å². The highest BCUT2D eigenvalue weighted by Crippen LogP contribution is 2.49. The average Bonchev–Trinajstić information content (AvgIpc) is 3.52. The summed E-state index contributed by atoms with van der Waals surface area (Å²) in [5, 5.41) is 17.6. The van der Waals surface area contributed by atoms with E-state index in [1.54, 1.807) is 32.4 Å². The van der Waals surface area contributed by atoms with E-state index in [4.69, 9.17) is 4.74 Å². The molecule has 0 bridgehead atoms. The summed E-state index contributed by atoms with van der Waals surface area (Å²) < 4.78 is 38.0. The molecule has 1 saturated carbocycles. The van der Waals surface area contributed by atoms with E-state index in [0.29, 0.717) is 58.9 Å². The van der Waals surface area contributed by atoms with E-state index >= 15 is 4.39 Å². The van der Waals surface area contributed by atoms with Gasteiger partial charge in [0.05, 0.1) is 24.2 Å². The number of methoxy groups -OCH3 is 1. The summed E-state index contributed by atoms with van der Waals surface area (Å²) in [7, 11) is 1.63. The van der Waals surface area contributed by atoms with Gasteiger partial charge in [-0.1, -0.05) is 13.8 Å². The lowest BCUT2D eigenvalue weighted by atomic mass is 9.82. The Morgan fingerprint density at radius 1 is 1.29 bits per heavy atom. The summed E-state index contributed by atoms with van der Waals surface area (Å²) in [6.07, 6.45) is 3.21. The van der Waals surface area contributed by atoms with Crippen molar-refractivity contribution in [3.8, 4) is 5.69 Å². The number of carboxylic acid groups (broad SMARTS) is 1. The van der Waals surface area contributed by atoms with Gasteiger partial charge in [-0.15, -0.1) is 0 Å². The van der Waals surface area contributed by atoms with E-state index in [1.165, 1.54) is 6.07 Å². The number of nitrogens with zero attached hydrogens (tertiary/aromatic N) is 2. The molecule has 2 aromatic heterocycles. The van der Waals surface area contributed by atoms with Crippen molar-refractivity contribution in [2.24, 2.45) is 5.92 Å². The third-order valence-corrected chi connectivity index (χ3v) is 7.38. The van der Waals surface area contributed by atoms with E-state index in [1.807, 2.05) is 24.5 Å². The molecular formula is C27H29F2N3O3. The topological polar surface area (TPSA) is 80.1 Å². The molecule has 184 valence electrons. The van der Waals surface area contributed by atoms with Gasteiger partial charge in [-0.05, 0) is 67.5 Å². The van der Waals surface area contributed by atoms with Gasteiger partial charge in [0.15, 0.2) is 5.82 Å². The van der Waals surface area contributed by atoms with Crippen molar-refractivity contribution in [1.29, 1.82) is 0 Å². The predicted octanol–water partition coefficient (Wildman–Crippen LogP) is 5.99. The monoisotopic (exact) mass is 481 g/mol. The van der Waals surface area contributed by atoms with Gasteiger partial charge in [0.1, 0.15) is 11.3 Å². The third kappa shape index (κ3) is 3.71. The van der Waals surface area contributed by atoms with Crippen LogP contribution in [0.25, 0.3) is 27.5 Å². The number of benzene rings is 2. The molecule has 0 amide bonds. The number of hydrogen-bond acceptors (Lipinski definition) is 3. The van der Waals surface area contributed by atoms with Gasteiger partial charge in [-0.3, -0.25) is 9.89 Å². The molecule has 8 heteroatoms. The number of carbonyl (C=O) groups is 1. The lowest BCUT2D eigenvalue weighted by molar-refractivity contribution is -0.141. The molecular weight excluding hydrogens is 452 g/mol. The van der Waals surface area contributed by atoms with Gasteiger partial charge in [-0.25, -0.2) is 8.78 Å². The first-order chi connectivity index (χ1) is 16.6. The lowest BCUT2D eigenvalue weighted by Crippen LogP contribution is -2.28. The summed E-state index contributed by atoms with van der Waals surface area (Å²) >= 11 is 0. The van der Waals surface area contributed by atoms with Crippen LogP contribution in [0.5, 0.6) is 0 Å². The van der Waals surface area contributed by atoms with Crippen LogP contribution in [0.1, 0.15) is 55.8 Å². The van der Waals surface area contributed by atoms with E-state index in [-0.39, 0.29) is 11.7 Å². The summed E-state index contributed by atoms with van der Waals surface area (Å²) in [6, 6.07) is 6.78. The van der Waals surface area contributed by atoms with Gasteiger partial charge >= 0.3 is 5.97 Å². The highest BCUT2D eigenvalue weighted by atomic mass is 19.1. The number of halogens is 2. The number of aromatic nitrogens is 3. The number of aliphatic carboxylic acids is 1. The lowest BCUT2D eigenvalue weighted by Gasteiger charge is -2.29. The maximum absolute atomic E-state index is 16.2. The van der Waals surface area contributed by atoms with E-state index in [9.17, 15) is 14.3 Å². The molecule has 2 aromatic carbocycles. The molecule has 0 radical (unpaired) electrons. The van der Waals surface area contributed by atoms with Crippen LogP contribution in [-0.2, 0) is 14.9 Å². The van der Waals surface area contributed by atoms with E-state index in [0.717, 1.165) is 11.3 Å². The number of carboxylic acids is 1. The van der Waals surface area contributed by atoms with Gasteiger partial charge in [-0.2, -0.15) is 5.10 Å². The molecule has 2 atom stereocenters. The van der Waals surface area contributed by atoms with Crippen molar-refractivity contribution >= 4 is 27.8 Å². The minimum absolute atomic E-state index is 0.137. The fraction of sp³-hybridized carbons (Fsp3) is 0.407. The first-order valence-electron chi connectivity index (χ1n) is 11.8. The number of hydrogen-bond donors (Lipinski definition) is 2. The number of aromatic amines is 1. The van der Waals surface area contributed by atoms with Crippen LogP contribution in [0.4, 0.5) is 8.78 Å². The Balaban J connectivity index is 1.92. The Morgan fingerprint density at radius 2 is 2.06 bits per heavy atom. The van der Waals surface area contributed by atoms with Crippen LogP contribution in [0.2, 0.25) is 0 Å². The molecule has 6 nitrogen and oxygen atoms in total. The Morgan fingerprint density at radius 3 is 2.71 bits per heavy atom. The molecule has 0 saturated heterocycles. The fourth-order valence-electron chi connectivity index (χ4n) is 5.83. The SMILES string of the molecule is COCC(C)(C)c1c([C@@H]2CCC(C(=O)O)C2)c2c(F)c3[nH]ncc3cc2n1-c1ccc(F)c(C)c1. The molecule has 1 unspecified atom stereocenters. The maximum Gasteiger partial charge on any atom is 0.306 e. The normalized spacial score (nSPS) is 18.7. The van der Waals surface area contributed by atoms with E-state index < -0.39 is 23.1 Å². The van der Waals surface area contributed by atoms with Crippen molar-refractivity contribution < 1.29 is 23.4 Å². The zero-order valence-corrected chi connectivity index (χ0v) is 20.3. The van der Waals surface area contributed by atoms with Crippen molar-refractivity contribution in [3.05, 3.63) is 58.9 Å². The first kappa shape index (κ1) is 23.5. The second kappa shape index (κ2) is 8.45. The molecule has 1 aliphatic rings. The van der Waals surface area contributed by atoms with Crippen LogP contribution in [0, 0.1) is 24.5 Å². The zero-order chi connectivity index (χ0) is 25.1. The van der Waals surface area contributed by atoms with Crippen LogP contribution in [0.15, 0.2) is 30.5 Å². The number of rotatable bonds is 6. The summed E-state index contributed by atoms with van der Waals surface area (Å²) in [6.45, 7) is 6.15. The molecule has 5 rings (SSSR count). The largest absolute Gasteiger partial charge is 0.481 e. The van der Waals surface area contributed by atoms with Crippen molar-refractivity contribution in [2.45, 2.75) is 51.4 Å². The van der Waals surface area contributed by atoms with E-state index in [2.05, 4.69) is 10.2 Å². The molecule has 0 aliphatic heterocycles. The minimum Gasteiger partial charge on any atom is -0.481 e. The Kier molecular flexibility index (Phi) is 5.67. The number of aryl methyl sites for hydroxylation is 1. The Hall–Kier alpha value is -3.26. The Bertz CT molecular complexity index is 1450. The maximum atomic E-state index is 16.2.